The fourth-order valence-electron chi connectivity index (χ4n) is 13.3. The van der Waals surface area contributed by atoms with Gasteiger partial charge in [0.25, 0.3) is 23.6 Å². The first-order valence-corrected chi connectivity index (χ1v) is 31.5. The second-order valence-corrected chi connectivity index (χ2v) is 25.2. The molecule has 0 fully saturated rings. The fraction of sp³-hybridized carbons (Fsp3) is 0.469. The summed E-state index contributed by atoms with van der Waals surface area (Å²) in [5, 5.41) is 13.5. The molecule has 0 saturated carbocycles. The minimum atomic E-state index is -0.207. The van der Waals surface area contributed by atoms with Gasteiger partial charge >= 0.3 is 0 Å². The number of hydrogen-bond acceptors (Lipinski definition) is 4. The number of unbranched alkanes of at least 4 members (excludes halogenated alkanes) is 16. The topological polar surface area (TPSA) is 74.8 Å². The van der Waals surface area contributed by atoms with E-state index in [1.807, 2.05) is 0 Å². The van der Waals surface area contributed by atoms with E-state index in [1.54, 1.807) is 9.80 Å². The SMILES string of the molecule is CCCCCCCC(CCCCCCC)N1C(=O)c2c(Br)cc3c4ccc5c6cc(Br)c7c8c(c(Br)cc(c9ccc(c%10cc(Br)c(c2c3%10)C1=O)c4c59)c86)C(=O)N(C(CCCCCCC)CCCCCCC)C7=O. The summed E-state index contributed by atoms with van der Waals surface area (Å²) in [5.74, 6) is -0.828. The van der Waals surface area contributed by atoms with Crippen molar-refractivity contribution in [3.8, 4) is 0 Å². The number of fused-ring (bicyclic) bond motifs is 4. The smallest absolute Gasteiger partial charge is 0.262 e. The molecule has 0 atom stereocenters. The van der Waals surface area contributed by atoms with E-state index in [1.165, 1.54) is 77.0 Å². The first kappa shape index (κ1) is 53.7. The van der Waals surface area contributed by atoms with Crippen molar-refractivity contribution in [3.05, 3.63) is 88.7 Å². The fourth-order valence-corrected chi connectivity index (χ4v) is 15.7. The quantitative estimate of drug-likeness (QED) is 0.0234. The van der Waals surface area contributed by atoms with Gasteiger partial charge in [-0.15, -0.1) is 0 Å². The van der Waals surface area contributed by atoms with Gasteiger partial charge in [-0.25, -0.2) is 0 Å². The number of halogens is 4. The molecule has 2 heterocycles. The summed E-state index contributed by atoms with van der Waals surface area (Å²) in [7, 11) is 0. The van der Waals surface area contributed by atoms with Gasteiger partial charge in [0.2, 0.25) is 0 Å². The summed E-state index contributed by atoms with van der Waals surface area (Å²) < 4.78 is 2.77. The Hall–Kier alpha value is -3.70. The average Bonchev–Trinajstić information content (AvgIpc) is 3.38. The lowest BCUT2D eigenvalue weighted by Crippen LogP contribution is -2.47. The van der Waals surface area contributed by atoms with Gasteiger partial charge in [0.05, 0.1) is 22.3 Å². The van der Waals surface area contributed by atoms with Crippen LogP contribution in [0.3, 0.4) is 0 Å². The number of rotatable bonds is 26. The van der Waals surface area contributed by atoms with Crippen LogP contribution in [-0.2, 0) is 0 Å². The average molecular weight is 1250 g/mol. The molecule has 2 aliphatic rings. The van der Waals surface area contributed by atoms with Crippen molar-refractivity contribution in [3.63, 3.8) is 0 Å². The molecule has 10 rings (SSSR count). The minimum absolute atomic E-state index is 0.166. The maximum atomic E-state index is 15.1. The molecule has 0 radical (unpaired) electrons. The Labute approximate surface area is 470 Å². The molecule has 0 N–H and O–H groups in total. The number of carbonyl (C=O) groups excluding carboxylic acids is 4. The second-order valence-electron chi connectivity index (χ2n) is 21.8. The predicted octanol–water partition coefficient (Wildman–Crippen LogP) is 21.1. The van der Waals surface area contributed by atoms with Crippen LogP contribution in [0.25, 0.3) is 75.4 Å². The van der Waals surface area contributed by atoms with E-state index in [2.05, 4.69) is 140 Å². The Morgan fingerprint density at radius 3 is 0.757 bits per heavy atom. The number of imide groups is 2. The molecule has 388 valence electrons. The maximum absolute atomic E-state index is 15.1. The minimum Gasteiger partial charge on any atom is -0.271 e. The Balaban J connectivity index is 1.11. The van der Waals surface area contributed by atoms with Crippen molar-refractivity contribution in [1.82, 2.24) is 9.80 Å². The van der Waals surface area contributed by atoms with E-state index in [0.29, 0.717) is 50.9 Å². The van der Waals surface area contributed by atoms with Crippen LogP contribution in [0.5, 0.6) is 0 Å². The van der Waals surface area contributed by atoms with Crippen molar-refractivity contribution in [2.75, 3.05) is 0 Å². The predicted molar refractivity (Wildman–Crippen MR) is 324 cm³/mol. The van der Waals surface area contributed by atoms with Crippen molar-refractivity contribution in [1.29, 1.82) is 0 Å². The van der Waals surface area contributed by atoms with E-state index in [9.17, 15) is 0 Å². The summed E-state index contributed by atoms with van der Waals surface area (Å²) in [6, 6.07) is 16.9. The zero-order valence-electron chi connectivity index (χ0n) is 43.8. The Kier molecular flexibility index (Phi) is 16.8. The van der Waals surface area contributed by atoms with Crippen molar-refractivity contribution < 1.29 is 19.2 Å². The Morgan fingerprint density at radius 2 is 0.527 bits per heavy atom. The highest BCUT2D eigenvalue weighted by Crippen LogP contribution is 2.54. The lowest BCUT2D eigenvalue weighted by atomic mass is 9.80. The van der Waals surface area contributed by atoms with Crippen LogP contribution in [0, 0.1) is 0 Å². The highest BCUT2D eigenvalue weighted by atomic mass is 79.9. The van der Waals surface area contributed by atoms with Gasteiger partial charge in [-0.3, -0.25) is 29.0 Å². The molecule has 0 bridgehead atoms. The van der Waals surface area contributed by atoms with Crippen LogP contribution < -0.4 is 0 Å². The molecule has 2 aliphatic heterocycles. The largest absolute Gasteiger partial charge is 0.271 e. The summed E-state index contributed by atoms with van der Waals surface area (Å²) in [6.45, 7) is 8.91. The summed E-state index contributed by atoms with van der Waals surface area (Å²) in [4.78, 5) is 63.8. The molecule has 0 aromatic heterocycles. The second kappa shape index (κ2) is 23.1. The van der Waals surface area contributed by atoms with Crippen molar-refractivity contribution >= 4 is 163 Å². The molecule has 0 aliphatic carbocycles. The van der Waals surface area contributed by atoms with Crippen LogP contribution in [0.4, 0.5) is 0 Å². The molecule has 74 heavy (non-hydrogen) atoms. The Bertz CT molecular complexity index is 3040. The van der Waals surface area contributed by atoms with Gasteiger partial charge in [-0.1, -0.05) is 180 Å². The normalized spacial score (nSPS) is 14.2. The first-order chi connectivity index (χ1) is 36.0. The lowest BCUT2D eigenvalue weighted by Gasteiger charge is -2.36. The molecule has 0 spiro atoms. The molecule has 0 saturated heterocycles. The zero-order valence-corrected chi connectivity index (χ0v) is 50.1. The van der Waals surface area contributed by atoms with Gasteiger partial charge in [-0.05, 0) is 178 Å². The van der Waals surface area contributed by atoms with Gasteiger partial charge in [0.15, 0.2) is 0 Å². The number of carbonyl (C=O) groups is 4. The highest BCUT2D eigenvalue weighted by Gasteiger charge is 2.43. The summed E-state index contributed by atoms with van der Waals surface area (Å²) in [6.07, 6.45) is 25.8. The van der Waals surface area contributed by atoms with Crippen LogP contribution in [0.1, 0.15) is 223 Å². The molecule has 0 unspecified atom stereocenters. The molecular formula is C64H70Br4N2O4. The molecule has 8 aromatic rings. The van der Waals surface area contributed by atoms with E-state index in [-0.39, 0.29) is 35.7 Å². The van der Waals surface area contributed by atoms with Crippen LogP contribution >= 0.6 is 63.7 Å². The third-order valence-electron chi connectivity index (χ3n) is 17.0. The van der Waals surface area contributed by atoms with Gasteiger partial charge in [0.1, 0.15) is 0 Å². The van der Waals surface area contributed by atoms with E-state index >= 15 is 19.2 Å². The molecule has 10 heteroatoms. The third kappa shape index (κ3) is 9.31. The van der Waals surface area contributed by atoms with Crippen molar-refractivity contribution in [2.45, 2.75) is 194 Å². The number of nitrogens with zero attached hydrogens (tertiary/aromatic N) is 2. The van der Waals surface area contributed by atoms with Gasteiger partial charge in [-0.2, -0.15) is 0 Å². The zero-order chi connectivity index (χ0) is 51.9. The first-order valence-electron chi connectivity index (χ1n) is 28.3. The monoisotopic (exact) mass is 1250 g/mol. The molecule has 8 aromatic carbocycles. The van der Waals surface area contributed by atoms with E-state index < -0.39 is 0 Å². The van der Waals surface area contributed by atoms with Crippen LogP contribution in [-0.4, -0.2) is 45.5 Å². The van der Waals surface area contributed by atoms with Crippen molar-refractivity contribution in [2.24, 2.45) is 0 Å². The molecular weight excluding hydrogens is 1180 g/mol. The maximum Gasteiger partial charge on any atom is 0.262 e. The van der Waals surface area contributed by atoms with Gasteiger partial charge in [0, 0.05) is 40.7 Å². The Morgan fingerprint density at radius 1 is 0.311 bits per heavy atom. The molecule has 4 amide bonds. The number of hydrogen-bond donors (Lipinski definition) is 0. The lowest BCUT2D eigenvalue weighted by molar-refractivity contribution is 0.0500. The van der Waals surface area contributed by atoms with E-state index in [0.717, 1.165) is 142 Å². The van der Waals surface area contributed by atoms with Crippen LogP contribution in [0.15, 0.2) is 66.4 Å². The summed E-state index contributed by atoms with van der Waals surface area (Å²) in [5.41, 5.74) is 2.25. The van der Waals surface area contributed by atoms with E-state index in [4.69, 9.17) is 0 Å². The number of amides is 4. The standard InChI is InChI=1S/C64H70Br4N2O4/c1-5-9-13-17-21-25-37(26-22-18-14-10-6-2)69-61(71)55-47(65)33-43-39-29-31-41-45-35-49(67)57-60-54(45)46(42-32-30-40(51(39)52(41)42)44-34-48(66)56(62(69)72)59(55)53(43)44)36-50(68)58(60)64(74)70(63(57)73)38(27-23-19-15-11-7-3)28-24-20-16-12-8-4/h29-38H,5-28H2,1-4H3. The molecule has 6 nitrogen and oxygen atoms in total. The summed E-state index contributed by atoms with van der Waals surface area (Å²) >= 11 is 15.8. The number of benzene rings is 8. The highest BCUT2D eigenvalue weighted by molar-refractivity contribution is 9.11. The third-order valence-corrected chi connectivity index (χ3v) is 19.5. The van der Waals surface area contributed by atoms with Crippen LogP contribution in [0.2, 0.25) is 0 Å². The van der Waals surface area contributed by atoms with Gasteiger partial charge < -0.3 is 0 Å².